The van der Waals surface area contributed by atoms with Crippen LogP contribution in [0.5, 0.6) is 5.88 Å². The zero-order valence-electron chi connectivity index (χ0n) is 5.41. The first kappa shape index (κ1) is 7.06. The van der Waals surface area contributed by atoms with E-state index in [-0.39, 0.29) is 5.88 Å². The second kappa shape index (κ2) is 2.46. The van der Waals surface area contributed by atoms with Gasteiger partial charge in [-0.2, -0.15) is 0 Å². The topological polar surface area (TPSA) is 33.1 Å². The minimum absolute atomic E-state index is 0.101. The predicted molar refractivity (Wildman–Crippen MR) is 49.0 cm³/mol. The SMILES string of the molecule is Oc1ncc(Br)c2sccc12. The van der Waals surface area contributed by atoms with E-state index in [1.54, 1.807) is 17.5 Å². The van der Waals surface area contributed by atoms with Gasteiger partial charge in [-0.15, -0.1) is 11.3 Å². The minimum Gasteiger partial charge on any atom is -0.493 e. The third-order valence-electron chi connectivity index (χ3n) is 1.42. The summed E-state index contributed by atoms with van der Waals surface area (Å²) in [4.78, 5) is 3.79. The fourth-order valence-electron chi connectivity index (χ4n) is 0.916. The van der Waals surface area contributed by atoms with Gasteiger partial charge < -0.3 is 5.11 Å². The molecule has 0 saturated heterocycles. The van der Waals surface area contributed by atoms with Gasteiger partial charge in [0.25, 0.3) is 0 Å². The highest BCUT2D eigenvalue weighted by Gasteiger charge is 2.04. The molecular weight excluding hydrogens is 226 g/mol. The van der Waals surface area contributed by atoms with Crippen LogP contribution in [0.25, 0.3) is 10.1 Å². The Labute approximate surface area is 75.6 Å². The monoisotopic (exact) mass is 229 g/mol. The van der Waals surface area contributed by atoms with Gasteiger partial charge in [0, 0.05) is 6.20 Å². The third-order valence-corrected chi connectivity index (χ3v) is 3.23. The molecule has 0 aliphatic rings. The molecule has 0 unspecified atom stereocenters. The summed E-state index contributed by atoms with van der Waals surface area (Å²) in [5, 5.41) is 12.0. The summed E-state index contributed by atoms with van der Waals surface area (Å²) in [6, 6.07) is 1.85. The Morgan fingerprint density at radius 2 is 2.36 bits per heavy atom. The maximum atomic E-state index is 9.26. The molecule has 2 heterocycles. The van der Waals surface area contributed by atoms with Crippen LogP contribution in [0.3, 0.4) is 0 Å². The van der Waals surface area contributed by atoms with Crippen LogP contribution in [0.15, 0.2) is 22.1 Å². The van der Waals surface area contributed by atoms with Gasteiger partial charge in [0.1, 0.15) is 0 Å². The molecule has 0 aromatic carbocycles. The van der Waals surface area contributed by atoms with Gasteiger partial charge in [-0.05, 0) is 27.4 Å². The number of fused-ring (bicyclic) bond motifs is 1. The van der Waals surface area contributed by atoms with Gasteiger partial charge in [0.15, 0.2) is 0 Å². The molecule has 56 valence electrons. The number of thiophene rings is 1. The van der Waals surface area contributed by atoms with E-state index in [4.69, 9.17) is 0 Å². The van der Waals surface area contributed by atoms with Crippen LogP contribution in [0, 0.1) is 0 Å². The maximum Gasteiger partial charge on any atom is 0.219 e. The van der Waals surface area contributed by atoms with E-state index in [1.165, 1.54) is 0 Å². The van der Waals surface area contributed by atoms with E-state index < -0.39 is 0 Å². The van der Waals surface area contributed by atoms with Crippen molar-refractivity contribution in [2.75, 3.05) is 0 Å². The Hall–Kier alpha value is -0.610. The molecule has 0 fully saturated rings. The molecule has 0 bridgehead atoms. The summed E-state index contributed by atoms with van der Waals surface area (Å²) in [5.41, 5.74) is 0. The Bertz CT molecular complexity index is 362. The van der Waals surface area contributed by atoms with Crippen molar-refractivity contribution in [1.82, 2.24) is 4.98 Å². The Kier molecular flexibility index (Phi) is 1.58. The number of hydrogen-bond donors (Lipinski definition) is 1. The summed E-state index contributed by atoms with van der Waals surface area (Å²) in [6.07, 6.45) is 1.61. The number of aromatic nitrogens is 1. The Morgan fingerprint density at radius 1 is 1.55 bits per heavy atom. The molecule has 1 N–H and O–H groups in total. The second-order valence-corrected chi connectivity index (χ2v) is 3.86. The molecular formula is C7H4BrNOS. The minimum atomic E-state index is 0.101. The summed E-state index contributed by atoms with van der Waals surface area (Å²) in [6.45, 7) is 0. The lowest BCUT2D eigenvalue weighted by molar-refractivity contribution is 0.460. The lowest BCUT2D eigenvalue weighted by Crippen LogP contribution is -1.74. The Morgan fingerprint density at radius 3 is 3.09 bits per heavy atom. The molecule has 2 rings (SSSR count). The normalized spacial score (nSPS) is 10.6. The van der Waals surface area contributed by atoms with Crippen molar-refractivity contribution in [3.05, 3.63) is 22.1 Å². The van der Waals surface area contributed by atoms with Crippen molar-refractivity contribution in [3.63, 3.8) is 0 Å². The number of rotatable bonds is 0. The van der Waals surface area contributed by atoms with Crippen molar-refractivity contribution >= 4 is 37.4 Å². The van der Waals surface area contributed by atoms with Crippen molar-refractivity contribution in [3.8, 4) is 5.88 Å². The molecule has 0 aliphatic carbocycles. The lowest BCUT2D eigenvalue weighted by Gasteiger charge is -1.94. The largest absolute Gasteiger partial charge is 0.493 e. The van der Waals surface area contributed by atoms with E-state index in [0.717, 1.165) is 14.6 Å². The fraction of sp³-hybridized carbons (Fsp3) is 0. The third kappa shape index (κ3) is 1.02. The molecule has 0 aliphatic heterocycles. The lowest BCUT2D eigenvalue weighted by atomic mass is 10.3. The second-order valence-electron chi connectivity index (χ2n) is 2.09. The Balaban J connectivity index is 2.96. The smallest absolute Gasteiger partial charge is 0.219 e. The van der Waals surface area contributed by atoms with Crippen molar-refractivity contribution in [2.24, 2.45) is 0 Å². The van der Waals surface area contributed by atoms with Gasteiger partial charge >= 0.3 is 0 Å². The van der Waals surface area contributed by atoms with Crippen LogP contribution in [-0.4, -0.2) is 10.1 Å². The van der Waals surface area contributed by atoms with Gasteiger partial charge in [0.05, 0.1) is 14.6 Å². The van der Waals surface area contributed by atoms with E-state index in [9.17, 15) is 5.11 Å². The number of aromatic hydroxyl groups is 1. The van der Waals surface area contributed by atoms with Crippen LogP contribution in [0.2, 0.25) is 0 Å². The van der Waals surface area contributed by atoms with Gasteiger partial charge in [-0.3, -0.25) is 0 Å². The molecule has 2 nitrogen and oxygen atoms in total. The highest BCUT2D eigenvalue weighted by atomic mass is 79.9. The molecule has 0 atom stereocenters. The van der Waals surface area contributed by atoms with Crippen molar-refractivity contribution in [1.29, 1.82) is 0 Å². The zero-order valence-corrected chi connectivity index (χ0v) is 7.82. The fourth-order valence-corrected chi connectivity index (χ4v) is 2.30. The summed E-state index contributed by atoms with van der Waals surface area (Å²) in [5.74, 6) is 0.101. The molecule has 4 heteroatoms. The van der Waals surface area contributed by atoms with Crippen molar-refractivity contribution < 1.29 is 5.11 Å². The van der Waals surface area contributed by atoms with E-state index >= 15 is 0 Å². The molecule has 0 spiro atoms. The van der Waals surface area contributed by atoms with E-state index in [0.29, 0.717) is 0 Å². The highest BCUT2D eigenvalue weighted by Crippen LogP contribution is 2.32. The van der Waals surface area contributed by atoms with Gasteiger partial charge in [-0.1, -0.05) is 0 Å². The van der Waals surface area contributed by atoms with Gasteiger partial charge in [-0.25, -0.2) is 4.98 Å². The standard InChI is InChI=1S/C7H4BrNOS/c8-5-3-9-7(10)4-1-2-11-6(4)5/h1-3H,(H,9,10). The quantitative estimate of drug-likeness (QED) is 0.754. The molecule has 11 heavy (non-hydrogen) atoms. The summed E-state index contributed by atoms with van der Waals surface area (Å²) < 4.78 is 1.97. The first-order chi connectivity index (χ1) is 5.29. The van der Waals surface area contributed by atoms with Crippen LogP contribution in [0.1, 0.15) is 0 Å². The average molecular weight is 230 g/mol. The summed E-state index contributed by atoms with van der Waals surface area (Å²) in [7, 11) is 0. The highest BCUT2D eigenvalue weighted by molar-refractivity contribution is 9.10. The van der Waals surface area contributed by atoms with Crippen LogP contribution >= 0.6 is 27.3 Å². The first-order valence-electron chi connectivity index (χ1n) is 2.99. The van der Waals surface area contributed by atoms with Crippen LogP contribution in [-0.2, 0) is 0 Å². The average Bonchev–Trinajstić information content (AvgIpc) is 2.45. The van der Waals surface area contributed by atoms with E-state index in [1.807, 2.05) is 11.4 Å². The van der Waals surface area contributed by atoms with Crippen molar-refractivity contribution in [2.45, 2.75) is 0 Å². The zero-order chi connectivity index (χ0) is 7.84. The maximum absolute atomic E-state index is 9.26. The molecule has 0 amide bonds. The van der Waals surface area contributed by atoms with Crippen LogP contribution < -0.4 is 0 Å². The molecule has 0 saturated carbocycles. The predicted octanol–water partition coefficient (Wildman–Crippen LogP) is 2.76. The molecule has 2 aromatic rings. The number of nitrogens with zero attached hydrogens (tertiary/aromatic N) is 1. The van der Waals surface area contributed by atoms with Gasteiger partial charge in [0.2, 0.25) is 5.88 Å². The first-order valence-corrected chi connectivity index (χ1v) is 4.67. The number of halogens is 1. The number of hydrogen-bond acceptors (Lipinski definition) is 3. The van der Waals surface area contributed by atoms with Crippen LogP contribution in [0.4, 0.5) is 0 Å². The van der Waals surface area contributed by atoms with E-state index in [2.05, 4.69) is 20.9 Å². The summed E-state index contributed by atoms with van der Waals surface area (Å²) >= 11 is 4.93. The molecule has 0 radical (unpaired) electrons. The number of pyridine rings is 1. The molecule has 2 aromatic heterocycles.